The van der Waals surface area contributed by atoms with E-state index in [0.29, 0.717) is 0 Å². The zero-order valence-corrected chi connectivity index (χ0v) is 13.9. The minimum absolute atomic E-state index is 0. The van der Waals surface area contributed by atoms with Gasteiger partial charge < -0.3 is 39.9 Å². The van der Waals surface area contributed by atoms with Crippen LogP contribution in [0.4, 0.5) is 0 Å². The van der Waals surface area contributed by atoms with Crippen molar-refractivity contribution in [3.05, 3.63) is 96.1 Å². The third kappa shape index (κ3) is 6.52. The standard InChI is InChI=1S/C15H13O2.C5H5.Fe/c1-17-14-9-6-12(7-10-14)8-11-15(16)13-4-2-3-5-13;1-2-4-5-3-1;/h2-11H,1H3;1-5H;/q-1;-5;. The molecular weight excluding hydrogens is 328 g/mol. The molecule has 2 nitrogen and oxygen atoms in total. The number of methoxy groups -OCH3 is 1. The molecule has 0 atom stereocenters. The Bertz CT molecular complexity index is 661. The second-order valence-electron chi connectivity index (χ2n) is 4.61. The van der Waals surface area contributed by atoms with E-state index in [1.807, 2.05) is 66.7 Å². The summed E-state index contributed by atoms with van der Waals surface area (Å²) in [6.45, 7) is 0. The maximum absolute atomic E-state index is 11.7. The van der Waals surface area contributed by atoms with Gasteiger partial charge in [0.05, 0.1) is 7.11 Å². The Morgan fingerprint density at radius 1 is 1.00 bits per heavy atom. The van der Waals surface area contributed by atoms with Gasteiger partial charge in [-0.05, 0) is 17.7 Å². The van der Waals surface area contributed by atoms with E-state index in [1.54, 1.807) is 31.4 Å². The van der Waals surface area contributed by atoms with Crippen molar-refractivity contribution in [1.29, 1.82) is 0 Å². The zero-order chi connectivity index (χ0) is 15.6. The van der Waals surface area contributed by atoms with E-state index in [0.717, 1.165) is 16.9 Å². The molecule has 0 spiro atoms. The van der Waals surface area contributed by atoms with Gasteiger partial charge in [-0.2, -0.15) is 12.1 Å². The van der Waals surface area contributed by atoms with Gasteiger partial charge in [-0.1, -0.05) is 29.8 Å². The van der Waals surface area contributed by atoms with Crippen LogP contribution in [0.2, 0.25) is 0 Å². The van der Waals surface area contributed by atoms with Crippen molar-refractivity contribution < 1.29 is 26.6 Å². The largest absolute Gasteiger partial charge is 0.748 e. The van der Waals surface area contributed by atoms with Crippen LogP contribution in [0.3, 0.4) is 0 Å². The monoisotopic (exact) mass is 346 g/mol. The number of ketones is 1. The van der Waals surface area contributed by atoms with E-state index in [-0.39, 0.29) is 22.9 Å². The third-order valence-corrected chi connectivity index (χ3v) is 3.05. The van der Waals surface area contributed by atoms with Crippen molar-refractivity contribution >= 4 is 11.9 Å². The van der Waals surface area contributed by atoms with Crippen LogP contribution in [0.5, 0.6) is 5.75 Å². The van der Waals surface area contributed by atoms with Gasteiger partial charge in [0.15, 0.2) is 0 Å². The Morgan fingerprint density at radius 2 is 1.52 bits per heavy atom. The van der Waals surface area contributed by atoms with Gasteiger partial charge in [-0.3, -0.25) is 0 Å². The van der Waals surface area contributed by atoms with Gasteiger partial charge in [-0.25, -0.2) is 0 Å². The summed E-state index contributed by atoms with van der Waals surface area (Å²) in [5, 5.41) is 0. The van der Waals surface area contributed by atoms with Crippen LogP contribution >= 0.6 is 0 Å². The van der Waals surface area contributed by atoms with Gasteiger partial charge in [0, 0.05) is 17.1 Å². The van der Waals surface area contributed by atoms with Crippen molar-refractivity contribution in [2.75, 3.05) is 7.11 Å². The number of ether oxygens (including phenoxy) is 1. The fourth-order valence-corrected chi connectivity index (χ4v) is 1.84. The molecule has 23 heavy (non-hydrogen) atoms. The molecule has 0 radical (unpaired) electrons. The zero-order valence-electron chi connectivity index (χ0n) is 12.8. The molecule has 0 aliphatic rings. The first-order valence-electron chi connectivity index (χ1n) is 7.04. The second kappa shape index (κ2) is 10.4. The molecule has 0 amide bonds. The van der Waals surface area contributed by atoms with Crippen LogP contribution in [0, 0.1) is 0 Å². The summed E-state index contributed by atoms with van der Waals surface area (Å²) in [4.78, 5) is 11.7. The molecule has 0 aromatic heterocycles. The number of allylic oxidation sites excluding steroid dienone is 1. The number of benzene rings is 1. The molecule has 0 aliphatic heterocycles. The summed E-state index contributed by atoms with van der Waals surface area (Å²) in [6, 6.07) is 24.9. The molecule has 0 fully saturated rings. The van der Waals surface area contributed by atoms with Crippen molar-refractivity contribution in [1.82, 2.24) is 0 Å². The van der Waals surface area contributed by atoms with Crippen LogP contribution in [0.15, 0.2) is 84.9 Å². The minimum atomic E-state index is 0. The smallest absolute Gasteiger partial charge is 0.118 e. The number of hydrogen-bond donors (Lipinski definition) is 0. The minimum Gasteiger partial charge on any atom is -0.748 e. The molecule has 0 bridgehead atoms. The van der Waals surface area contributed by atoms with Gasteiger partial charge in [0.1, 0.15) is 11.5 Å². The fourth-order valence-electron chi connectivity index (χ4n) is 1.84. The SMILES string of the molecule is COc1ccc(C=CC(=O)[c-]2cccc2)cc1.[Fe].[cH-]1[cH-][cH-][cH-][cH-]1. The molecule has 124 valence electrons. The third-order valence-electron chi connectivity index (χ3n) is 3.05. The Hall–Kier alpha value is -2.35. The molecule has 3 aromatic rings. The van der Waals surface area contributed by atoms with Crippen molar-refractivity contribution in [3.8, 4) is 5.75 Å². The molecule has 3 rings (SSSR count). The van der Waals surface area contributed by atoms with E-state index in [1.165, 1.54) is 0 Å². The van der Waals surface area contributed by atoms with E-state index in [4.69, 9.17) is 4.74 Å². The number of carbonyl (C=O) groups is 1. The van der Waals surface area contributed by atoms with Gasteiger partial charge in [0.2, 0.25) is 0 Å². The molecule has 0 saturated carbocycles. The van der Waals surface area contributed by atoms with Crippen molar-refractivity contribution in [2.45, 2.75) is 0 Å². The van der Waals surface area contributed by atoms with Crippen LogP contribution in [-0.2, 0) is 17.1 Å². The Kier molecular flexibility index (Phi) is 8.44. The number of carbonyl (C=O) groups excluding carboxylic acids is 1. The van der Waals surface area contributed by atoms with Crippen molar-refractivity contribution in [3.63, 3.8) is 0 Å². The van der Waals surface area contributed by atoms with Gasteiger partial charge >= 0.3 is 0 Å². The topological polar surface area (TPSA) is 26.3 Å². The molecule has 3 heteroatoms. The van der Waals surface area contributed by atoms with Crippen LogP contribution in [0.25, 0.3) is 6.08 Å². The number of hydrogen-bond acceptors (Lipinski definition) is 2. The molecule has 0 aliphatic carbocycles. The average Bonchev–Trinajstić information content (AvgIpc) is 3.28. The first kappa shape index (κ1) is 18.7. The molecule has 0 unspecified atom stereocenters. The summed E-state index contributed by atoms with van der Waals surface area (Å²) < 4.78 is 5.06. The first-order valence-corrected chi connectivity index (χ1v) is 7.04. The fraction of sp³-hybridized carbons (Fsp3) is 0.0500. The molecular formula is C20H18FeO2-6. The predicted molar refractivity (Wildman–Crippen MR) is 90.4 cm³/mol. The molecule has 0 N–H and O–H groups in total. The maximum atomic E-state index is 11.7. The number of rotatable bonds is 4. The molecule has 0 saturated heterocycles. The van der Waals surface area contributed by atoms with E-state index in [2.05, 4.69) is 0 Å². The van der Waals surface area contributed by atoms with E-state index >= 15 is 0 Å². The summed E-state index contributed by atoms with van der Waals surface area (Å²) in [5.41, 5.74) is 1.69. The summed E-state index contributed by atoms with van der Waals surface area (Å²) in [7, 11) is 1.63. The van der Waals surface area contributed by atoms with Crippen LogP contribution in [-0.4, -0.2) is 12.9 Å². The molecule has 0 heterocycles. The van der Waals surface area contributed by atoms with Crippen LogP contribution < -0.4 is 4.74 Å². The normalized spacial score (nSPS) is 9.61. The van der Waals surface area contributed by atoms with E-state index < -0.39 is 0 Å². The summed E-state index contributed by atoms with van der Waals surface area (Å²) in [5.74, 6) is 0.829. The Balaban J connectivity index is 0.000000377. The second-order valence-corrected chi connectivity index (χ2v) is 4.61. The Morgan fingerprint density at radius 3 is 2.00 bits per heavy atom. The maximum Gasteiger partial charge on any atom is 0.118 e. The van der Waals surface area contributed by atoms with Gasteiger partial charge in [-0.15, -0.1) is 12.1 Å². The van der Waals surface area contributed by atoms with Crippen LogP contribution in [0.1, 0.15) is 15.9 Å². The van der Waals surface area contributed by atoms with Gasteiger partial charge in [0.25, 0.3) is 0 Å². The summed E-state index contributed by atoms with van der Waals surface area (Å²) >= 11 is 0. The summed E-state index contributed by atoms with van der Waals surface area (Å²) in [6.07, 6.45) is 3.38. The first-order chi connectivity index (χ1) is 10.8. The van der Waals surface area contributed by atoms with E-state index in [9.17, 15) is 4.79 Å². The average molecular weight is 346 g/mol. The quantitative estimate of drug-likeness (QED) is 0.296. The van der Waals surface area contributed by atoms with Crippen molar-refractivity contribution in [2.24, 2.45) is 0 Å². The Labute approximate surface area is 147 Å². The molecule has 3 aromatic carbocycles. The predicted octanol–water partition coefficient (Wildman–Crippen LogP) is 4.71.